The van der Waals surface area contributed by atoms with E-state index in [2.05, 4.69) is 6.92 Å². The highest BCUT2D eigenvalue weighted by atomic mass is 19.1. The quantitative estimate of drug-likeness (QED) is 0.850. The molecule has 1 saturated carbocycles. The predicted octanol–water partition coefficient (Wildman–Crippen LogP) is 5.13. The molecule has 1 aliphatic carbocycles. The maximum atomic E-state index is 13.4. The Bertz CT molecular complexity index is 623. The van der Waals surface area contributed by atoms with Crippen LogP contribution in [-0.4, -0.2) is 5.11 Å². The van der Waals surface area contributed by atoms with E-state index >= 15 is 0 Å². The molecule has 1 N–H and O–H groups in total. The van der Waals surface area contributed by atoms with E-state index in [0.717, 1.165) is 29.7 Å². The van der Waals surface area contributed by atoms with E-state index in [1.165, 1.54) is 31.4 Å². The SMILES string of the molecule is CCC1CCC(C(O)c2oc3ccc(F)cc3c2C)CC1. The van der Waals surface area contributed by atoms with Crippen LogP contribution in [0.15, 0.2) is 22.6 Å². The summed E-state index contributed by atoms with van der Waals surface area (Å²) in [7, 11) is 0. The third kappa shape index (κ3) is 2.71. The van der Waals surface area contributed by atoms with Crippen molar-refractivity contribution in [1.29, 1.82) is 0 Å². The number of hydrogen-bond donors (Lipinski definition) is 1. The third-order valence-corrected chi connectivity index (χ3v) is 5.12. The van der Waals surface area contributed by atoms with E-state index in [9.17, 15) is 9.50 Å². The number of aryl methyl sites for hydroxylation is 1. The Hall–Kier alpha value is -1.35. The number of aliphatic hydroxyl groups is 1. The summed E-state index contributed by atoms with van der Waals surface area (Å²) < 4.78 is 19.2. The molecular formula is C18H23FO2. The van der Waals surface area contributed by atoms with Gasteiger partial charge in [-0.25, -0.2) is 4.39 Å². The fraction of sp³-hybridized carbons (Fsp3) is 0.556. The van der Waals surface area contributed by atoms with Crippen molar-refractivity contribution in [3.8, 4) is 0 Å². The highest BCUT2D eigenvalue weighted by molar-refractivity contribution is 5.82. The van der Waals surface area contributed by atoms with Gasteiger partial charge in [-0.3, -0.25) is 0 Å². The number of fused-ring (bicyclic) bond motifs is 1. The molecule has 0 bridgehead atoms. The van der Waals surface area contributed by atoms with Crippen LogP contribution >= 0.6 is 0 Å². The first kappa shape index (κ1) is 14.6. The number of benzene rings is 1. The molecule has 114 valence electrons. The van der Waals surface area contributed by atoms with Gasteiger partial charge in [-0.2, -0.15) is 0 Å². The van der Waals surface area contributed by atoms with Gasteiger partial charge < -0.3 is 9.52 Å². The standard InChI is InChI=1S/C18H23FO2/c1-3-12-4-6-13(7-5-12)17(20)18-11(2)15-10-14(19)8-9-16(15)21-18/h8-10,12-13,17,20H,3-7H2,1-2H3. The molecule has 1 aromatic heterocycles. The zero-order valence-electron chi connectivity index (χ0n) is 12.7. The van der Waals surface area contributed by atoms with Crippen molar-refractivity contribution in [2.75, 3.05) is 0 Å². The van der Waals surface area contributed by atoms with Crippen molar-refractivity contribution in [2.45, 2.75) is 52.1 Å². The van der Waals surface area contributed by atoms with Crippen LogP contribution in [0.2, 0.25) is 0 Å². The smallest absolute Gasteiger partial charge is 0.136 e. The van der Waals surface area contributed by atoms with Crippen molar-refractivity contribution in [3.63, 3.8) is 0 Å². The van der Waals surface area contributed by atoms with Gasteiger partial charge in [0.25, 0.3) is 0 Å². The molecule has 1 aliphatic rings. The second-order valence-corrected chi connectivity index (χ2v) is 6.37. The van der Waals surface area contributed by atoms with Crippen LogP contribution in [-0.2, 0) is 0 Å². The van der Waals surface area contributed by atoms with Crippen LogP contribution in [0.1, 0.15) is 56.5 Å². The number of halogens is 1. The average molecular weight is 290 g/mol. The lowest BCUT2D eigenvalue weighted by atomic mass is 9.77. The zero-order valence-corrected chi connectivity index (χ0v) is 12.7. The molecule has 21 heavy (non-hydrogen) atoms. The molecular weight excluding hydrogens is 267 g/mol. The summed E-state index contributed by atoms with van der Waals surface area (Å²) in [5.41, 5.74) is 1.53. The maximum absolute atomic E-state index is 13.4. The lowest BCUT2D eigenvalue weighted by Gasteiger charge is -2.30. The van der Waals surface area contributed by atoms with Gasteiger partial charge in [0.05, 0.1) is 0 Å². The molecule has 1 unspecified atom stereocenters. The molecule has 0 aliphatic heterocycles. The lowest BCUT2D eigenvalue weighted by Crippen LogP contribution is -2.20. The van der Waals surface area contributed by atoms with Crippen LogP contribution in [0.5, 0.6) is 0 Å². The van der Waals surface area contributed by atoms with Gasteiger partial charge in [0, 0.05) is 10.9 Å². The fourth-order valence-corrected chi connectivity index (χ4v) is 3.62. The minimum Gasteiger partial charge on any atom is -0.458 e. The van der Waals surface area contributed by atoms with Crippen molar-refractivity contribution in [2.24, 2.45) is 11.8 Å². The summed E-state index contributed by atoms with van der Waals surface area (Å²) in [4.78, 5) is 0. The highest BCUT2D eigenvalue weighted by Crippen LogP contribution is 2.40. The Morgan fingerprint density at radius 1 is 1.29 bits per heavy atom. The first-order valence-corrected chi connectivity index (χ1v) is 7.96. The monoisotopic (exact) mass is 290 g/mol. The van der Waals surface area contributed by atoms with Gasteiger partial charge in [0.2, 0.25) is 0 Å². The van der Waals surface area contributed by atoms with Gasteiger partial charge in [0.15, 0.2) is 0 Å². The van der Waals surface area contributed by atoms with Crippen molar-refractivity contribution >= 4 is 11.0 Å². The summed E-state index contributed by atoms with van der Waals surface area (Å²) in [5.74, 6) is 1.42. The van der Waals surface area contributed by atoms with E-state index < -0.39 is 6.10 Å². The molecule has 3 rings (SSSR count). The zero-order chi connectivity index (χ0) is 15.0. The predicted molar refractivity (Wildman–Crippen MR) is 81.6 cm³/mol. The summed E-state index contributed by atoms with van der Waals surface area (Å²) >= 11 is 0. The summed E-state index contributed by atoms with van der Waals surface area (Å²) in [5, 5.41) is 11.4. The summed E-state index contributed by atoms with van der Waals surface area (Å²) in [6.45, 7) is 4.14. The Morgan fingerprint density at radius 3 is 2.67 bits per heavy atom. The van der Waals surface area contributed by atoms with Gasteiger partial charge >= 0.3 is 0 Å². The first-order valence-electron chi connectivity index (χ1n) is 7.96. The Balaban J connectivity index is 1.85. The van der Waals surface area contributed by atoms with Crippen LogP contribution in [0.3, 0.4) is 0 Å². The van der Waals surface area contributed by atoms with Crippen molar-refractivity contribution in [3.05, 3.63) is 35.3 Å². The van der Waals surface area contributed by atoms with Gasteiger partial charge in [0.1, 0.15) is 23.3 Å². The molecule has 1 aromatic carbocycles. The molecule has 3 heteroatoms. The molecule has 2 aromatic rings. The number of furan rings is 1. The normalized spacial score (nSPS) is 24.4. The van der Waals surface area contributed by atoms with Crippen molar-refractivity contribution < 1.29 is 13.9 Å². The molecule has 1 atom stereocenters. The minimum atomic E-state index is -0.571. The van der Waals surface area contributed by atoms with E-state index in [1.807, 2.05) is 6.92 Å². The number of aliphatic hydroxyl groups excluding tert-OH is 1. The highest BCUT2D eigenvalue weighted by Gasteiger charge is 2.30. The van der Waals surface area contributed by atoms with E-state index in [-0.39, 0.29) is 11.7 Å². The van der Waals surface area contributed by atoms with Gasteiger partial charge in [-0.1, -0.05) is 26.2 Å². The van der Waals surface area contributed by atoms with Crippen LogP contribution < -0.4 is 0 Å². The molecule has 0 radical (unpaired) electrons. The summed E-state index contributed by atoms with van der Waals surface area (Å²) in [6, 6.07) is 4.52. The van der Waals surface area contributed by atoms with E-state index in [1.54, 1.807) is 6.07 Å². The van der Waals surface area contributed by atoms with Gasteiger partial charge in [-0.05, 0) is 49.8 Å². The topological polar surface area (TPSA) is 33.4 Å². The molecule has 0 spiro atoms. The lowest BCUT2D eigenvalue weighted by molar-refractivity contribution is 0.0560. The summed E-state index contributed by atoms with van der Waals surface area (Å²) in [6.07, 6.45) is 5.12. The second kappa shape index (κ2) is 5.80. The first-order chi connectivity index (χ1) is 10.1. The Kier molecular flexibility index (Phi) is 4.03. The third-order valence-electron chi connectivity index (χ3n) is 5.12. The van der Waals surface area contributed by atoms with Crippen molar-refractivity contribution in [1.82, 2.24) is 0 Å². The molecule has 0 saturated heterocycles. The maximum Gasteiger partial charge on any atom is 0.136 e. The van der Waals surface area contributed by atoms with Gasteiger partial charge in [-0.15, -0.1) is 0 Å². The molecule has 1 heterocycles. The molecule has 1 fully saturated rings. The molecule has 2 nitrogen and oxygen atoms in total. The van der Waals surface area contributed by atoms with Crippen LogP contribution in [0.25, 0.3) is 11.0 Å². The minimum absolute atomic E-state index is 0.261. The number of rotatable bonds is 3. The Labute approximate surface area is 125 Å². The fourth-order valence-electron chi connectivity index (χ4n) is 3.62. The Morgan fingerprint density at radius 2 is 2.00 bits per heavy atom. The van der Waals surface area contributed by atoms with Crippen LogP contribution in [0.4, 0.5) is 4.39 Å². The second-order valence-electron chi connectivity index (χ2n) is 6.37. The van der Waals surface area contributed by atoms with Crippen LogP contribution in [0, 0.1) is 24.6 Å². The average Bonchev–Trinajstić information content (AvgIpc) is 2.83. The largest absolute Gasteiger partial charge is 0.458 e. The van der Waals surface area contributed by atoms with E-state index in [4.69, 9.17) is 4.42 Å². The molecule has 0 amide bonds. The number of hydrogen-bond acceptors (Lipinski definition) is 2. The van der Waals surface area contributed by atoms with E-state index in [0.29, 0.717) is 11.3 Å².